The summed E-state index contributed by atoms with van der Waals surface area (Å²) in [7, 11) is 0. The number of benzene rings is 1. The van der Waals surface area contributed by atoms with Crippen molar-refractivity contribution >= 4 is 0 Å². The summed E-state index contributed by atoms with van der Waals surface area (Å²) in [6.07, 6.45) is 9.78. The van der Waals surface area contributed by atoms with E-state index in [0.717, 1.165) is 5.92 Å². The third-order valence-electron chi connectivity index (χ3n) is 4.93. The number of hydrogen-bond acceptors (Lipinski definition) is 1. The zero-order chi connectivity index (χ0) is 14.4. The first-order valence-electron chi connectivity index (χ1n) is 8.52. The van der Waals surface area contributed by atoms with Gasteiger partial charge >= 0.3 is 0 Å². The molecule has 0 heterocycles. The van der Waals surface area contributed by atoms with Crippen LogP contribution in [0.5, 0.6) is 0 Å². The highest BCUT2D eigenvalue weighted by Crippen LogP contribution is 2.28. The molecule has 1 aliphatic carbocycles. The molecule has 0 spiro atoms. The molecule has 0 radical (unpaired) electrons. The Bertz CT molecular complexity index is 399. The summed E-state index contributed by atoms with van der Waals surface area (Å²) in [6.45, 7) is 6.86. The molecule has 0 saturated heterocycles. The van der Waals surface area contributed by atoms with Gasteiger partial charge in [0.2, 0.25) is 0 Å². The van der Waals surface area contributed by atoms with Crippen molar-refractivity contribution < 1.29 is 0 Å². The number of aryl methyl sites for hydroxylation is 1. The van der Waals surface area contributed by atoms with E-state index in [1.54, 1.807) is 0 Å². The van der Waals surface area contributed by atoms with Crippen molar-refractivity contribution in [2.45, 2.75) is 77.8 Å². The van der Waals surface area contributed by atoms with E-state index in [1.165, 1.54) is 56.1 Å². The Balaban J connectivity index is 1.88. The normalized spacial score (nSPS) is 25.1. The van der Waals surface area contributed by atoms with Crippen LogP contribution >= 0.6 is 0 Å². The molecule has 0 aliphatic heterocycles. The van der Waals surface area contributed by atoms with Crippen molar-refractivity contribution in [3.63, 3.8) is 0 Å². The summed E-state index contributed by atoms with van der Waals surface area (Å²) in [4.78, 5) is 0. The van der Waals surface area contributed by atoms with E-state index in [0.29, 0.717) is 12.1 Å². The highest BCUT2D eigenvalue weighted by molar-refractivity contribution is 5.28. The van der Waals surface area contributed by atoms with Gasteiger partial charge in [0.25, 0.3) is 0 Å². The van der Waals surface area contributed by atoms with Gasteiger partial charge < -0.3 is 5.32 Å². The van der Waals surface area contributed by atoms with E-state index >= 15 is 0 Å². The van der Waals surface area contributed by atoms with Crippen molar-refractivity contribution in [1.82, 2.24) is 5.32 Å². The Kier molecular flexibility index (Phi) is 6.09. The molecule has 2 rings (SSSR count). The van der Waals surface area contributed by atoms with Gasteiger partial charge in [0.15, 0.2) is 0 Å². The lowest BCUT2D eigenvalue weighted by Gasteiger charge is -2.23. The smallest absolute Gasteiger partial charge is 0.0296 e. The van der Waals surface area contributed by atoms with Gasteiger partial charge in [-0.2, -0.15) is 0 Å². The Hall–Kier alpha value is -0.820. The van der Waals surface area contributed by atoms with E-state index in [-0.39, 0.29) is 0 Å². The molecule has 1 aliphatic rings. The maximum atomic E-state index is 3.88. The lowest BCUT2D eigenvalue weighted by atomic mass is 9.95. The summed E-state index contributed by atoms with van der Waals surface area (Å²) in [5.74, 6) is 0.987. The molecule has 1 aromatic rings. The Morgan fingerprint density at radius 3 is 2.70 bits per heavy atom. The minimum Gasteiger partial charge on any atom is -0.307 e. The first-order chi connectivity index (χ1) is 9.70. The third kappa shape index (κ3) is 4.34. The molecule has 1 fully saturated rings. The molecular weight excluding hydrogens is 242 g/mol. The van der Waals surface area contributed by atoms with Gasteiger partial charge in [0.05, 0.1) is 0 Å². The molecule has 1 N–H and O–H groups in total. The molecule has 1 nitrogen and oxygen atoms in total. The summed E-state index contributed by atoms with van der Waals surface area (Å²) < 4.78 is 0. The van der Waals surface area contributed by atoms with Crippen LogP contribution in [-0.2, 0) is 0 Å². The van der Waals surface area contributed by atoms with Crippen LogP contribution in [0.15, 0.2) is 24.3 Å². The summed E-state index contributed by atoms with van der Waals surface area (Å²) in [6, 6.07) is 9.97. The van der Waals surface area contributed by atoms with E-state index in [2.05, 4.69) is 50.4 Å². The van der Waals surface area contributed by atoms with Gasteiger partial charge in [-0.15, -0.1) is 0 Å². The van der Waals surface area contributed by atoms with Crippen LogP contribution in [0, 0.1) is 12.8 Å². The predicted octanol–water partition coefficient (Wildman–Crippen LogP) is 5.39. The van der Waals surface area contributed by atoms with Crippen LogP contribution < -0.4 is 5.32 Å². The number of rotatable bonds is 5. The highest BCUT2D eigenvalue weighted by atomic mass is 14.9. The monoisotopic (exact) mass is 273 g/mol. The van der Waals surface area contributed by atoms with E-state index < -0.39 is 0 Å². The fourth-order valence-corrected chi connectivity index (χ4v) is 3.76. The number of nitrogens with one attached hydrogen (secondary N) is 1. The van der Waals surface area contributed by atoms with Gasteiger partial charge in [0.1, 0.15) is 0 Å². The average molecular weight is 273 g/mol. The molecule has 1 saturated carbocycles. The molecular formula is C19H31N. The van der Waals surface area contributed by atoms with Crippen molar-refractivity contribution in [3.05, 3.63) is 35.4 Å². The standard InChI is InChI=1S/C19H31N/c1-4-8-17-10-7-11-18(14-13-17)20-16(3)19-12-6-5-9-15(19)2/h5-6,9,12,16-18,20H,4,7-8,10-11,13-14H2,1-3H3/t16-,17?,18?/m1/s1. The fraction of sp³-hybridized carbons (Fsp3) is 0.684. The Morgan fingerprint density at radius 2 is 1.95 bits per heavy atom. The van der Waals surface area contributed by atoms with Crippen LogP contribution in [-0.4, -0.2) is 6.04 Å². The largest absolute Gasteiger partial charge is 0.307 e. The predicted molar refractivity (Wildman–Crippen MR) is 88.0 cm³/mol. The van der Waals surface area contributed by atoms with Crippen LogP contribution in [0.4, 0.5) is 0 Å². The maximum absolute atomic E-state index is 3.88. The topological polar surface area (TPSA) is 12.0 Å². The van der Waals surface area contributed by atoms with Gasteiger partial charge in [-0.25, -0.2) is 0 Å². The SMILES string of the molecule is CCCC1CCCC(N[C@H](C)c2ccccc2C)CC1. The van der Waals surface area contributed by atoms with Crippen molar-refractivity contribution in [2.24, 2.45) is 5.92 Å². The Labute approximate surface area is 125 Å². The Morgan fingerprint density at radius 1 is 1.15 bits per heavy atom. The van der Waals surface area contributed by atoms with Gasteiger partial charge in [-0.05, 0) is 50.2 Å². The minimum absolute atomic E-state index is 0.476. The van der Waals surface area contributed by atoms with Gasteiger partial charge in [-0.1, -0.05) is 56.9 Å². The first-order valence-corrected chi connectivity index (χ1v) is 8.52. The lowest BCUT2D eigenvalue weighted by molar-refractivity contribution is 0.392. The molecule has 3 atom stereocenters. The summed E-state index contributed by atoms with van der Waals surface area (Å²) >= 11 is 0. The average Bonchev–Trinajstić information content (AvgIpc) is 2.65. The first kappa shape index (κ1) is 15.6. The summed E-state index contributed by atoms with van der Waals surface area (Å²) in [5, 5.41) is 3.88. The van der Waals surface area contributed by atoms with E-state index in [4.69, 9.17) is 0 Å². The molecule has 0 aromatic heterocycles. The molecule has 112 valence electrons. The van der Waals surface area contributed by atoms with E-state index in [9.17, 15) is 0 Å². The van der Waals surface area contributed by atoms with Gasteiger partial charge in [-0.3, -0.25) is 0 Å². The second kappa shape index (κ2) is 7.83. The molecule has 2 unspecified atom stereocenters. The quantitative estimate of drug-likeness (QED) is 0.709. The second-order valence-corrected chi connectivity index (χ2v) is 6.60. The molecule has 0 amide bonds. The van der Waals surface area contributed by atoms with Crippen LogP contribution in [0.1, 0.15) is 76.0 Å². The van der Waals surface area contributed by atoms with Crippen molar-refractivity contribution in [1.29, 1.82) is 0 Å². The third-order valence-corrected chi connectivity index (χ3v) is 4.93. The molecule has 1 heteroatoms. The van der Waals surface area contributed by atoms with Gasteiger partial charge in [0, 0.05) is 12.1 Å². The lowest BCUT2D eigenvalue weighted by Crippen LogP contribution is -2.31. The number of hydrogen-bond donors (Lipinski definition) is 1. The maximum Gasteiger partial charge on any atom is 0.0296 e. The molecule has 20 heavy (non-hydrogen) atoms. The second-order valence-electron chi connectivity index (χ2n) is 6.60. The fourth-order valence-electron chi connectivity index (χ4n) is 3.76. The van der Waals surface area contributed by atoms with Crippen LogP contribution in [0.25, 0.3) is 0 Å². The zero-order valence-corrected chi connectivity index (χ0v) is 13.5. The zero-order valence-electron chi connectivity index (χ0n) is 13.5. The van der Waals surface area contributed by atoms with E-state index in [1.807, 2.05) is 0 Å². The summed E-state index contributed by atoms with van der Waals surface area (Å²) in [5.41, 5.74) is 2.87. The highest BCUT2D eigenvalue weighted by Gasteiger charge is 2.20. The molecule has 0 bridgehead atoms. The van der Waals surface area contributed by atoms with Crippen molar-refractivity contribution in [3.8, 4) is 0 Å². The minimum atomic E-state index is 0.476. The van der Waals surface area contributed by atoms with Crippen LogP contribution in [0.2, 0.25) is 0 Å². The van der Waals surface area contributed by atoms with Crippen LogP contribution in [0.3, 0.4) is 0 Å². The molecule has 1 aromatic carbocycles. The van der Waals surface area contributed by atoms with Crippen molar-refractivity contribution in [2.75, 3.05) is 0 Å².